The molecule has 0 spiro atoms. The number of anilines is 1. The van der Waals surface area contributed by atoms with Gasteiger partial charge in [0.25, 0.3) is 0 Å². The standard InChI is InChI=1S/C18H30N4O/c1-3-22(17-8-5-4-6-9-17)12-7-11-20-18(19-2)21-14-16-10-13-23-15-16/h4-6,8-9,16H,3,7,10-15H2,1-2H3,(H2,19,20,21). The van der Waals surface area contributed by atoms with Crippen LogP contribution < -0.4 is 15.5 Å². The molecule has 1 saturated heterocycles. The maximum atomic E-state index is 5.40. The van der Waals surface area contributed by atoms with Crippen LogP contribution in [-0.2, 0) is 4.74 Å². The highest BCUT2D eigenvalue weighted by Crippen LogP contribution is 2.12. The summed E-state index contributed by atoms with van der Waals surface area (Å²) in [6, 6.07) is 10.6. The van der Waals surface area contributed by atoms with Crippen molar-refractivity contribution < 1.29 is 4.74 Å². The summed E-state index contributed by atoms with van der Waals surface area (Å²) in [6.07, 6.45) is 2.22. The van der Waals surface area contributed by atoms with Crippen molar-refractivity contribution in [2.75, 3.05) is 51.3 Å². The van der Waals surface area contributed by atoms with E-state index < -0.39 is 0 Å². The summed E-state index contributed by atoms with van der Waals surface area (Å²) in [5.74, 6) is 1.50. The number of rotatable bonds is 8. The van der Waals surface area contributed by atoms with Crippen molar-refractivity contribution in [3.63, 3.8) is 0 Å². The summed E-state index contributed by atoms with van der Waals surface area (Å²) in [5, 5.41) is 6.79. The second-order valence-electron chi connectivity index (χ2n) is 5.88. The van der Waals surface area contributed by atoms with Gasteiger partial charge in [0.05, 0.1) is 6.61 Å². The van der Waals surface area contributed by atoms with Crippen LogP contribution in [-0.4, -0.2) is 52.4 Å². The Labute approximate surface area is 140 Å². The van der Waals surface area contributed by atoms with Gasteiger partial charge in [-0.05, 0) is 31.9 Å². The van der Waals surface area contributed by atoms with Crippen LogP contribution >= 0.6 is 0 Å². The monoisotopic (exact) mass is 318 g/mol. The molecule has 1 aliphatic rings. The molecule has 0 amide bonds. The van der Waals surface area contributed by atoms with Crippen LogP contribution in [0.25, 0.3) is 0 Å². The minimum Gasteiger partial charge on any atom is -0.381 e. The highest BCUT2D eigenvalue weighted by atomic mass is 16.5. The largest absolute Gasteiger partial charge is 0.381 e. The first kappa shape index (κ1) is 17.6. The Kier molecular flexibility index (Phi) is 7.73. The van der Waals surface area contributed by atoms with Gasteiger partial charge in [-0.25, -0.2) is 0 Å². The smallest absolute Gasteiger partial charge is 0.190 e. The van der Waals surface area contributed by atoms with Crippen LogP contribution in [0.2, 0.25) is 0 Å². The Morgan fingerprint density at radius 2 is 2.13 bits per heavy atom. The maximum Gasteiger partial charge on any atom is 0.190 e. The van der Waals surface area contributed by atoms with Gasteiger partial charge in [0.2, 0.25) is 0 Å². The van der Waals surface area contributed by atoms with Gasteiger partial charge in [-0.1, -0.05) is 18.2 Å². The third-order valence-corrected chi connectivity index (χ3v) is 4.21. The highest BCUT2D eigenvalue weighted by Gasteiger charge is 2.15. The molecule has 0 saturated carbocycles. The average molecular weight is 318 g/mol. The number of benzene rings is 1. The van der Waals surface area contributed by atoms with Crippen LogP contribution in [0.3, 0.4) is 0 Å². The molecule has 1 fully saturated rings. The molecule has 1 heterocycles. The molecule has 2 rings (SSSR count). The lowest BCUT2D eigenvalue weighted by Crippen LogP contribution is -2.41. The van der Waals surface area contributed by atoms with E-state index in [1.54, 1.807) is 0 Å². The molecule has 23 heavy (non-hydrogen) atoms. The van der Waals surface area contributed by atoms with Crippen LogP contribution in [0, 0.1) is 5.92 Å². The second-order valence-corrected chi connectivity index (χ2v) is 5.88. The van der Waals surface area contributed by atoms with E-state index >= 15 is 0 Å². The summed E-state index contributed by atoms with van der Waals surface area (Å²) in [4.78, 5) is 6.68. The van der Waals surface area contributed by atoms with Gasteiger partial charge in [-0.2, -0.15) is 0 Å². The van der Waals surface area contributed by atoms with E-state index in [1.165, 1.54) is 5.69 Å². The van der Waals surface area contributed by atoms with Crippen molar-refractivity contribution >= 4 is 11.6 Å². The van der Waals surface area contributed by atoms with E-state index in [0.717, 1.165) is 58.2 Å². The molecule has 1 aliphatic heterocycles. The summed E-state index contributed by atoms with van der Waals surface area (Å²) in [7, 11) is 1.82. The Balaban J connectivity index is 1.64. The Bertz CT molecular complexity index is 457. The zero-order valence-corrected chi connectivity index (χ0v) is 14.4. The topological polar surface area (TPSA) is 48.9 Å². The molecule has 0 aliphatic carbocycles. The van der Waals surface area contributed by atoms with Crippen molar-refractivity contribution in [3.8, 4) is 0 Å². The number of hydrogen-bond acceptors (Lipinski definition) is 3. The predicted octanol–water partition coefficient (Wildman–Crippen LogP) is 2.10. The van der Waals surface area contributed by atoms with Gasteiger partial charge in [0.15, 0.2) is 5.96 Å². The summed E-state index contributed by atoms with van der Waals surface area (Å²) < 4.78 is 5.40. The van der Waals surface area contributed by atoms with E-state index in [2.05, 4.69) is 57.8 Å². The Morgan fingerprint density at radius 3 is 2.78 bits per heavy atom. The minimum absolute atomic E-state index is 0.613. The lowest BCUT2D eigenvalue weighted by molar-refractivity contribution is 0.186. The Hall–Kier alpha value is -1.75. The molecule has 1 unspecified atom stereocenters. The van der Waals surface area contributed by atoms with Crippen LogP contribution in [0.5, 0.6) is 0 Å². The molecule has 5 heteroatoms. The molecule has 0 bridgehead atoms. The van der Waals surface area contributed by atoms with Crippen molar-refractivity contribution in [2.45, 2.75) is 19.8 Å². The Morgan fingerprint density at radius 1 is 1.30 bits per heavy atom. The first-order valence-corrected chi connectivity index (χ1v) is 8.65. The number of nitrogens with zero attached hydrogens (tertiary/aromatic N) is 2. The van der Waals surface area contributed by atoms with Gasteiger partial charge >= 0.3 is 0 Å². The van der Waals surface area contributed by atoms with Gasteiger partial charge in [0, 0.05) is 51.4 Å². The fourth-order valence-electron chi connectivity index (χ4n) is 2.79. The molecular formula is C18H30N4O. The van der Waals surface area contributed by atoms with Crippen molar-refractivity contribution in [1.29, 1.82) is 0 Å². The second kappa shape index (κ2) is 10.1. The minimum atomic E-state index is 0.613. The number of para-hydroxylation sites is 1. The van der Waals surface area contributed by atoms with E-state index in [-0.39, 0.29) is 0 Å². The van der Waals surface area contributed by atoms with E-state index in [1.807, 2.05) is 7.05 Å². The fraction of sp³-hybridized carbons (Fsp3) is 0.611. The molecule has 5 nitrogen and oxygen atoms in total. The van der Waals surface area contributed by atoms with Crippen molar-refractivity contribution in [2.24, 2.45) is 10.9 Å². The van der Waals surface area contributed by atoms with Gasteiger partial charge < -0.3 is 20.3 Å². The van der Waals surface area contributed by atoms with Gasteiger partial charge in [-0.3, -0.25) is 4.99 Å². The first-order chi connectivity index (χ1) is 11.3. The quantitative estimate of drug-likeness (QED) is 0.438. The van der Waals surface area contributed by atoms with Crippen molar-refractivity contribution in [3.05, 3.63) is 30.3 Å². The summed E-state index contributed by atoms with van der Waals surface area (Å²) >= 11 is 0. The SMILES string of the molecule is CCN(CCCNC(=NC)NCC1CCOC1)c1ccccc1. The third kappa shape index (κ3) is 6.10. The molecule has 1 aromatic carbocycles. The predicted molar refractivity (Wildman–Crippen MR) is 97.2 cm³/mol. The number of guanidine groups is 1. The summed E-state index contributed by atoms with van der Waals surface area (Å²) in [6.45, 7) is 7.89. The zero-order chi connectivity index (χ0) is 16.3. The normalized spacial score (nSPS) is 18.0. The highest BCUT2D eigenvalue weighted by molar-refractivity contribution is 5.79. The number of hydrogen-bond donors (Lipinski definition) is 2. The summed E-state index contributed by atoms with van der Waals surface area (Å²) in [5.41, 5.74) is 1.29. The first-order valence-electron chi connectivity index (χ1n) is 8.65. The third-order valence-electron chi connectivity index (χ3n) is 4.21. The lowest BCUT2D eigenvalue weighted by atomic mass is 10.1. The zero-order valence-electron chi connectivity index (χ0n) is 14.4. The van der Waals surface area contributed by atoms with E-state index in [0.29, 0.717) is 5.92 Å². The molecule has 2 N–H and O–H groups in total. The molecular weight excluding hydrogens is 288 g/mol. The fourth-order valence-corrected chi connectivity index (χ4v) is 2.79. The number of ether oxygens (including phenoxy) is 1. The molecule has 0 radical (unpaired) electrons. The maximum absolute atomic E-state index is 5.40. The van der Waals surface area contributed by atoms with Gasteiger partial charge in [0.1, 0.15) is 0 Å². The van der Waals surface area contributed by atoms with Crippen LogP contribution in [0.1, 0.15) is 19.8 Å². The van der Waals surface area contributed by atoms with E-state index in [9.17, 15) is 0 Å². The molecule has 0 aromatic heterocycles. The molecule has 128 valence electrons. The van der Waals surface area contributed by atoms with Crippen LogP contribution in [0.4, 0.5) is 5.69 Å². The van der Waals surface area contributed by atoms with E-state index in [4.69, 9.17) is 4.74 Å². The average Bonchev–Trinajstić information content (AvgIpc) is 3.12. The molecule has 1 atom stereocenters. The lowest BCUT2D eigenvalue weighted by Gasteiger charge is -2.23. The van der Waals surface area contributed by atoms with Crippen LogP contribution in [0.15, 0.2) is 35.3 Å². The number of nitrogens with one attached hydrogen (secondary N) is 2. The number of aliphatic imine (C=N–C) groups is 1. The molecule has 1 aromatic rings. The van der Waals surface area contributed by atoms with Gasteiger partial charge in [-0.15, -0.1) is 0 Å². The van der Waals surface area contributed by atoms with Crippen molar-refractivity contribution in [1.82, 2.24) is 10.6 Å².